The molecule has 0 bridgehead atoms. The summed E-state index contributed by atoms with van der Waals surface area (Å²) in [5.41, 5.74) is 1.94. The van der Waals surface area contributed by atoms with Crippen molar-refractivity contribution >= 4 is 17.2 Å². The first-order valence-corrected chi connectivity index (χ1v) is 8.97. The van der Waals surface area contributed by atoms with Gasteiger partial charge in [-0.1, -0.05) is 12.1 Å². The zero-order valence-electron chi connectivity index (χ0n) is 14.5. The van der Waals surface area contributed by atoms with E-state index in [1.807, 2.05) is 43.7 Å². The van der Waals surface area contributed by atoms with Gasteiger partial charge in [-0.3, -0.25) is 4.79 Å². The van der Waals surface area contributed by atoms with Gasteiger partial charge in [-0.05, 0) is 45.6 Å². The molecule has 5 nitrogen and oxygen atoms in total. The molecule has 130 valence electrons. The lowest BCUT2D eigenvalue weighted by atomic mass is 10.2. The van der Waals surface area contributed by atoms with Gasteiger partial charge in [-0.25, -0.2) is 4.98 Å². The summed E-state index contributed by atoms with van der Waals surface area (Å²) >= 11 is 1.58. The van der Waals surface area contributed by atoms with Gasteiger partial charge in [-0.15, -0.1) is 11.3 Å². The minimum atomic E-state index is 0.0839. The van der Waals surface area contributed by atoms with E-state index in [9.17, 15) is 4.79 Å². The second-order valence-electron chi connectivity index (χ2n) is 5.85. The molecule has 1 amide bonds. The number of nitrogens with one attached hydrogen (secondary N) is 1. The molecule has 0 saturated carbocycles. The lowest BCUT2D eigenvalue weighted by Gasteiger charge is -2.09. The van der Waals surface area contributed by atoms with E-state index in [0.29, 0.717) is 12.8 Å². The maximum absolute atomic E-state index is 11.9. The van der Waals surface area contributed by atoms with Crippen LogP contribution in [0.3, 0.4) is 0 Å². The molecule has 1 aromatic carbocycles. The molecule has 0 saturated heterocycles. The molecule has 0 spiro atoms. The van der Waals surface area contributed by atoms with E-state index in [4.69, 9.17) is 4.74 Å². The molecule has 0 atom stereocenters. The Morgan fingerprint density at radius 3 is 2.88 bits per heavy atom. The summed E-state index contributed by atoms with van der Waals surface area (Å²) in [5.74, 6) is 0.901. The number of ether oxygens (including phenoxy) is 1. The third kappa shape index (κ3) is 5.62. The van der Waals surface area contributed by atoms with E-state index >= 15 is 0 Å². The lowest BCUT2D eigenvalue weighted by Crippen LogP contribution is -2.27. The van der Waals surface area contributed by atoms with Gasteiger partial charge >= 0.3 is 0 Å². The van der Waals surface area contributed by atoms with Crippen molar-refractivity contribution in [3.63, 3.8) is 0 Å². The number of thiazole rings is 1. The number of aryl methyl sites for hydroxylation is 1. The van der Waals surface area contributed by atoms with Gasteiger partial charge in [0.1, 0.15) is 10.8 Å². The van der Waals surface area contributed by atoms with Crippen LogP contribution in [-0.2, 0) is 11.2 Å². The van der Waals surface area contributed by atoms with Gasteiger partial charge in [-0.2, -0.15) is 0 Å². The molecular weight excluding hydrogens is 322 g/mol. The summed E-state index contributed by atoms with van der Waals surface area (Å²) in [6, 6.07) is 7.84. The zero-order valence-corrected chi connectivity index (χ0v) is 15.4. The Bertz CT molecular complexity index is 655. The molecule has 0 radical (unpaired) electrons. The predicted molar refractivity (Wildman–Crippen MR) is 98.6 cm³/mol. The zero-order chi connectivity index (χ0) is 17.4. The fourth-order valence-electron chi connectivity index (χ4n) is 2.32. The Labute approximate surface area is 147 Å². The third-order valence-electron chi connectivity index (χ3n) is 3.60. The SMILES string of the molecule is COc1ccccc1-c1nc(CCC(=O)NCCCN(C)C)cs1. The minimum Gasteiger partial charge on any atom is -0.496 e. The van der Waals surface area contributed by atoms with Crippen LogP contribution in [0.2, 0.25) is 0 Å². The number of carbonyl (C=O) groups excluding carboxylic acids is 1. The first-order chi connectivity index (χ1) is 11.6. The number of para-hydroxylation sites is 1. The van der Waals surface area contributed by atoms with Crippen LogP contribution in [0.5, 0.6) is 5.75 Å². The number of aromatic nitrogens is 1. The largest absolute Gasteiger partial charge is 0.496 e. The van der Waals surface area contributed by atoms with Gasteiger partial charge in [0.25, 0.3) is 0 Å². The van der Waals surface area contributed by atoms with Gasteiger partial charge < -0.3 is 15.0 Å². The van der Waals surface area contributed by atoms with Crippen LogP contribution >= 0.6 is 11.3 Å². The summed E-state index contributed by atoms with van der Waals surface area (Å²) in [5, 5.41) is 5.89. The van der Waals surface area contributed by atoms with E-state index < -0.39 is 0 Å². The molecule has 1 aromatic heterocycles. The normalized spacial score (nSPS) is 10.8. The van der Waals surface area contributed by atoms with Crippen molar-refractivity contribution in [3.8, 4) is 16.3 Å². The van der Waals surface area contributed by atoms with Crippen LogP contribution in [0.15, 0.2) is 29.6 Å². The van der Waals surface area contributed by atoms with Gasteiger partial charge in [0, 0.05) is 18.3 Å². The van der Waals surface area contributed by atoms with Crippen molar-refractivity contribution in [2.24, 2.45) is 0 Å². The van der Waals surface area contributed by atoms with Crippen LogP contribution in [0, 0.1) is 0 Å². The van der Waals surface area contributed by atoms with Crippen molar-refractivity contribution in [1.29, 1.82) is 0 Å². The average Bonchev–Trinajstić information content (AvgIpc) is 3.05. The monoisotopic (exact) mass is 347 g/mol. The number of hydrogen-bond acceptors (Lipinski definition) is 5. The van der Waals surface area contributed by atoms with Crippen molar-refractivity contribution in [2.75, 3.05) is 34.3 Å². The highest BCUT2D eigenvalue weighted by atomic mass is 32.1. The average molecular weight is 347 g/mol. The Hall–Kier alpha value is -1.92. The predicted octanol–water partition coefficient (Wildman–Crippen LogP) is 2.82. The number of amides is 1. The van der Waals surface area contributed by atoms with Crippen LogP contribution in [0.25, 0.3) is 10.6 Å². The Balaban J connectivity index is 1.82. The van der Waals surface area contributed by atoms with Crippen molar-refractivity contribution in [3.05, 3.63) is 35.3 Å². The molecule has 1 N–H and O–H groups in total. The number of benzene rings is 1. The van der Waals surface area contributed by atoms with Crippen LogP contribution in [-0.4, -0.2) is 50.1 Å². The molecule has 0 aliphatic rings. The smallest absolute Gasteiger partial charge is 0.220 e. The summed E-state index contributed by atoms with van der Waals surface area (Å²) < 4.78 is 5.38. The molecule has 0 fully saturated rings. The highest BCUT2D eigenvalue weighted by Gasteiger charge is 2.10. The first-order valence-electron chi connectivity index (χ1n) is 8.09. The van der Waals surface area contributed by atoms with E-state index in [1.165, 1.54) is 0 Å². The van der Waals surface area contributed by atoms with E-state index in [-0.39, 0.29) is 5.91 Å². The topological polar surface area (TPSA) is 54.5 Å². The Morgan fingerprint density at radius 1 is 1.33 bits per heavy atom. The molecule has 2 aromatic rings. The highest BCUT2D eigenvalue weighted by Crippen LogP contribution is 2.31. The quantitative estimate of drug-likeness (QED) is 0.709. The van der Waals surface area contributed by atoms with Gasteiger partial charge in [0.15, 0.2) is 0 Å². The number of nitrogens with zero attached hydrogens (tertiary/aromatic N) is 2. The van der Waals surface area contributed by atoms with E-state index in [2.05, 4.69) is 15.2 Å². The fraction of sp³-hybridized carbons (Fsp3) is 0.444. The Kier molecular flexibility index (Phi) is 7.21. The fourth-order valence-corrected chi connectivity index (χ4v) is 3.20. The van der Waals surface area contributed by atoms with Crippen LogP contribution < -0.4 is 10.1 Å². The summed E-state index contributed by atoms with van der Waals surface area (Å²) in [6.45, 7) is 1.70. The standard InChI is InChI=1S/C18H25N3O2S/c1-21(2)12-6-11-19-17(22)10-9-14-13-24-18(20-14)15-7-4-5-8-16(15)23-3/h4-5,7-8,13H,6,9-12H2,1-3H3,(H,19,22). The Morgan fingerprint density at radius 2 is 2.12 bits per heavy atom. The molecule has 24 heavy (non-hydrogen) atoms. The summed E-state index contributed by atoms with van der Waals surface area (Å²) in [4.78, 5) is 18.6. The molecule has 0 aliphatic carbocycles. The van der Waals surface area contributed by atoms with Crippen molar-refractivity contribution < 1.29 is 9.53 Å². The van der Waals surface area contributed by atoms with Crippen molar-refractivity contribution in [2.45, 2.75) is 19.3 Å². The number of hydrogen-bond donors (Lipinski definition) is 1. The van der Waals surface area contributed by atoms with E-state index in [0.717, 1.165) is 41.5 Å². The molecule has 6 heteroatoms. The molecular formula is C18H25N3O2S. The summed E-state index contributed by atoms with van der Waals surface area (Å²) in [6.07, 6.45) is 2.09. The van der Waals surface area contributed by atoms with Gasteiger partial charge in [0.2, 0.25) is 5.91 Å². The number of methoxy groups -OCH3 is 1. The molecule has 2 rings (SSSR count). The molecule has 1 heterocycles. The highest BCUT2D eigenvalue weighted by molar-refractivity contribution is 7.13. The second-order valence-corrected chi connectivity index (χ2v) is 6.71. The molecule has 0 aliphatic heterocycles. The molecule has 0 unspecified atom stereocenters. The second kappa shape index (κ2) is 9.39. The minimum absolute atomic E-state index is 0.0839. The lowest BCUT2D eigenvalue weighted by molar-refractivity contribution is -0.121. The maximum atomic E-state index is 11.9. The van der Waals surface area contributed by atoms with Gasteiger partial charge in [0.05, 0.1) is 18.4 Å². The summed E-state index contributed by atoms with van der Waals surface area (Å²) in [7, 11) is 5.72. The first kappa shape index (κ1) is 18.4. The number of rotatable bonds is 9. The van der Waals surface area contributed by atoms with Crippen LogP contribution in [0.4, 0.5) is 0 Å². The third-order valence-corrected chi connectivity index (χ3v) is 4.53. The van der Waals surface area contributed by atoms with E-state index in [1.54, 1.807) is 18.4 Å². The van der Waals surface area contributed by atoms with Crippen LogP contribution in [0.1, 0.15) is 18.5 Å². The number of carbonyl (C=O) groups is 1. The van der Waals surface area contributed by atoms with Crippen molar-refractivity contribution in [1.82, 2.24) is 15.2 Å². The maximum Gasteiger partial charge on any atom is 0.220 e.